The zero-order chi connectivity index (χ0) is 23.6. The standard InChI is InChI=1S/C26H27F5O2/c1-16-2-4-17(5-3-16)6-7-18-14-32-25(33-15-18)19-8-9-21-20(12-19)13-23(27)22(24(21)28)10-11-26(29,30)31/h8-9,12-13,16-18,25H,2-7,14-15H2,1H3. The Bertz CT molecular complexity index is 1040. The molecule has 7 heteroatoms. The van der Waals surface area contributed by atoms with Crippen LogP contribution >= 0.6 is 0 Å². The van der Waals surface area contributed by atoms with Gasteiger partial charge in [-0.25, -0.2) is 8.78 Å². The number of halogens is 5. The first-order valence-corrected chi connectivity index (χ1v) is 11.4. The van der Waals surface area contributed by atoms with Gasteiger partial charge in [0.1, 0.15) is 11.6 Å². The fourth-order valence-corrected chi connectivity index (χ4v) is 4.73. The summed E-state index contributed by atoms with van der Waals surface area (Å²) in [5, 5.41) is 0.197. The highest BCUT2D eigenvalue weighted by molar-refractivity contribution is 5.85. The second-order valence-electron chi connectivity index (χ2n) is 9.34. The van der Waals surface area contributed by atoms with Crippen molar-refractivity contribution in [3.05, 3.63) is 47.0 Å². The monoisotopic (exact) mass is 466 g/mol. The molecule has 2 nitrogen and oxygen atoms in total. The second-order valence-corrected chi connectivity index (χ2v) is 9.34. The predicted molar refractivity (Wildman–Crippen MR) is 115 cm³/mol. The van der Waals surface area contributed by atoms with E-state index in [9.17, 15) is 22.0 Å². The van der Waals surface area contributed by atoms with Gasteiger partial charge in [-0.1, -0.05) is 57.1 Å². The molecular formula is C26H27F5O2. The molecule has 33 heavy (non-hydrogen) atoms. The summed E-state index contributed by atoms with van der Waals surface area (Å²) < 4.78 is 77.6. The van der Waals surface area contributed by atoms with Crippen molar-refractivity contribution < 1.29 is 31.4 Å². The summed E-state index contributed by atoms with van der Waals surface area (Å²) in [6.07, 6.45) is 1.98. The summed E-state index contributed by atoms with van der Waals surface area (Å²) in [4.78, 5) is 0. The fraction of sp³-hybridized carbons (Fsp3) is 0.538. The molecule has 0 N–H and O–H groups in total. The Labute approximate surface area is 190 Å². The minimum absolute atomic E-state index is 0.0119. The summed E-state index contributed by atoms with van der Waals surface area (Å²) in [5.74, 6) is 2.17. The smallest absolute Gasteiger partial charge is 0.348 e. The predicted octanol–water partition coefficient (Wildman–Crippen LogP) is 7.30. The Morgan fingerprint density at radius 1 is 0.939 bits per heavy atom. The van der Waals surface area contributed by atoms with Crippen LogP contribution in [0.1, 0.15) is 62.9 Å². The normalized spacial score (nSPS) is 26.1. The molecule has 4 rings (SSSR count). The van der Waals surface area contributed by atoms with Crippen molar-refractivity contribution in [1.82, 2.24) is 0 Å². The van der Waals surface area contributed by atoms with Gasteiger partial charge in [0.15, 0.2) is 6.29 Å². The fourth-order valence-electron chi connectivity index (χ4n) is 4.73. The van der Waals surface area contributed by atoms with E-state index in [1.807, 2.05) is 0 Å². The number of fused-ring (bicyclic) bond motifs is 1. The quantitative estimate of drug-likeness (QED) is 0.348. The minimum Gasteiger partial charge on any atom is -0.348 e. The molecule has 0 aromatic heterocycles. The van der Waals surface area contributed by atoms with Crippen LogP contribution in [-0.4, -0.2) is 19.4 Å². The first-order chi connectivity index (χ1) is 15.7. The summed E-state index contributed by atoms with van der Waals surface area (Å²) in [5.41, 5.74) is -0.289. The van der Waals surface area contributed by atoms with Crippen molar-refractivity contribution >= 4 is 10.8 Å². The van der Waals surface area contributed by atoms with Gasteiger partial charge in [-0.3, -0.25) is 0 Å². The second kappa shape index (κ2) is 9.99. The third-order valence-electron chi connectivity index (χ3n) is 6.74. The first kappa shape index (κ1) is 24.0. The van der Waals surface area contributed by atoms with E-state index in [1.165, 1.54) is 44.2 Å². The molecule has 0 radical (unpaired) electrons. The maximum absolute atomic E-state index is 14.6. The first-order valence-electron chi connectivity index (χ1n) is 11.4. The molecule has 178 valence electrons. The largest absolute Gasteiger partial charge is 0.458 e. The van der Waals surface area contributed by atoms with Crippen molar-refractivity contribution in [2.24, 2.45) is 17.8 Å². The van der Waals surface area contributed by atoms with E-state index >= 15 is 0 Å². The molecule has 0 unspecified atom stereocenters. The zero-order valence-electron chi connectivity index (χ0n) is 18.5. The van der Waals surface area contributed by atoms with E-state index in [4.69, 9.17) is 9.47 Å². The van der Waals surface area contributed by atoms with Crippen molar-refractivity contribution in [2.45, 2.75) is 57.9 Å². The Morgan fingerprint density at radius 3 is 2.27 bits per heavy atom. The van der Waals surface area contributed by atoms with Crippen molar-refractivity contribution in [1.29, 1.82) is 0 Å². The van der Waals surface area contributed by atoms with Crippen LogP contribution in [0.3, 0.4) is 0 Å². The van der Waals surface area contributed by atoms with Crippen molar-refractivity contribution in [3.63, 3.8) is 0 Å². The third kappa shape index (κ3) is 6.04. The van der Waals surface area contributed by atoms with Gasteiger partial charge in [0, 0.05) is 22.8 Å². The molecule has 0 atom stereocenters. The summed E-state index contributed by atoms with van der Waals surface area (Å²) in [7, 11) is 0. The van der Waals surface area contributed by atoms with E-state index in [2.05, 4.69) is 6.92 Å². The van der Waals surface area contributed by atoms with Gasteiger partial charge in [0.05, 0.1) is 18.8 Å². The Morgan fingerprint density at radius 2 is 1.61 bits per heavy atom. The lowest BCUT2D eigenvalue weighted by atomic mass is 9.80. The van der Waals surface area contributed by atoms with Crippen LogP contribution in [-0.2, 0) is 9.47 Å². The van der Waals surface area contributed by atoms with Crippen LogP contribution in [0, 0.1) is 41.2 Å². The van der Waals surface area contributed by atoms with Crippen LogP contribution in [0.2, 0.25) is 0 Å². The molecule has 0 bridgehead atoms. The zero-order valence-corrected chi connectivity index (χ0v) is 18.5. The van der Waals surface area contributed by atoms with Crippen molar-refractivity contribution in [2.75, 3.05) is 13.2 Å². The summed E-state index contributed by atoms with van der Waals surface area (Å²) >= 11 is 0. The highest BCUT2D eigenvalue weighted by Crippen LogP contribution is 2.35. The van der Waals surface area contributed by atoms with Gasteiger partial charge in [-0.2, -0.15) is 13.2 Å². The van der Waals surface area contributed by atoms with Crippen LogP contribution in [0.15, 0.2) is 24.3 Å². The van der Waals surface area contributed by atoms with Crippen LogP contribution in [0.4, 0.5) is 22.0 Å². The van der Waals surface area contributed by atoms with Gasteiger partial charge in [0.25, 0.3) is 0 Å². The molecular weight excluding hydrogens is 439 g/mol. The van der Waals surface area contributed by atoms with E-state index in [1.54, 1.807) is 12.0 Å². The van der Waals surface area contributed by atoms with Crippen LogP contribution < -0.4 is 0 Å². The maximum Gasteiger partial charge on any atom is 0.458 e. The number of rotatable bonds is 4. The number of hydrogen-bond acceptors (Lipinski definition) is 2. The average molecular weight is 466 g/mol. The van der Waals surface area contributed by atoms with Crippen LogP contribution in [0.25, 0.3) is 10.8 Å². The third-order valence-corrected chi connectivity index (χ3v) is 6.74. The average Bonchev–Trinajstić information content (AvgIpc) is 2.78. The lowest BCUT2D eigenvalue weighted by Gasteiger charge is -2.32. The molecule has 2 aromatic rings. The lowest BCUT2D eigenvalue weighted by Crippen LogP contribution is -2.27. The van der Waals surface area contributed by atoms with E-state index in [0.29, 0.717) is 24.7 Å². The summed E-state index contributed by atoms with van der Waals surface area (Å²) in [6, 6.07) is 5.50. The van der Waals surface area contributed by atoms with Gasteiger partial charge in [-0.15, -0.1) is 0 Å². The van der Waals surface area contributed by atoms with Gasteiger partial charge >= 0.3 is 6.18 Å². The number of benzene rings is 2. The van der Waals surface area contributed by atoms with E-state index in [0.717, 1.165) is 30.2 Å². The van der Waals surface area contributed by atoms with Crippen LogP contribution in [0.5, 0.6) is 0 Å². The minimum atomic E-state index is -4.83. The maximum atomic E-state index is 14.6. The molecule has 2 fully saturated rings. The Kier molecular flexibility index (Phi) is 7.25. The SMILES string of the molecule is CC1CCC(CCC2COC(c3ccc4c(F)c(C#CC(F)(F)F)c(F)cc4c3)OC2)CC1. The molecule has 0 amide bonds. The molecule has 2 aromatic carbocycles. The van der Waals surface area contributed by atoms with E-state index in [-0.39, 0.29) is 10.8 Å². The highest BCUT2D eigenvalue weighted by Gasteiger charge is 2.27. The molecule has 0 spiro atoms. The lowest BCUT2D eigenvalue weighted by molar-refractivity contribution is -0.206. The molecule has 1 saturated heterocycles. The molecule has 1 heterocycles. The number of alkyl halides is 3. The van der Waals surface area contributed by atoms with Gasteiger partial charge in [-0.05, 0) is 35.8 Å². The number of hydrogen-bond donors (Lipinski definition) is 0. The Hall–Kier alpha value is -2.17. The summed E-state index contributed by atoms with van der Waals surface area (Å²) in [6.45, 7) is 3.43. The molecule has 1 saturated carbocycles. The molecule has 1 aliphatic heterocycles. The Balaban J connectivity index is 1.39. The van der Waals surface area contributed by atoms with Gasteiger partial charge in [0.2, 0.25) is 0 Å². The van der Waals surface area contributed by atoms with E-state index < -0.39 is 29.7 Å². The van der Waals surface area contributed by atoms with Gasteiger partial charge < -0.3 is 9.47 Å². The van der Waals surface area contributed by atoms with Crippen molar-refractivity contribution in [3.8, 4) is 11.8 Å². The topological polar surface area (TPSA) is 18.5 Å². The molecule has 1 aliphatic carbocycles. The number of ether oxygens (including phenoxy) is 2. The molecule has 2 aliphatic rings. The highest BCUT2D eigenvalue weighted by atomic mass is 19.4.